The maximum atomic E-state index is 4.43. The van der Waals surface area contributed by atoms with Gasteiger partial charge in [0.1, 0.15) is 5.01 Å². The van der Waals surface area contributed by atoms with Crippen molar-refractivity contribution in [1.82, 2.24) is 15.6 Å². The van der Waals surface area contributed by atoms with Crippen molar-refractivity contribution in [3.63, 3.8) is 0 Å². The van der Waals surface area contributed by atoms with Gasteiger partial charge in [0.15, 0.2) is 0 Å². The summed E-state index contributed by atoms with van der Waals surface area (Å²) in [6.07, 6.45) is 1.30. The molecule has 2 rings (SSSR count). The Balaban J connectivity index is 1.70. The lowest BCUT2D eigenvalue weighted by atomic mass is 10.0. The lowest BCUT2D eigenvalue weighted by molar-refractivity contribution is 0.439. The summed E-state index contributed by atoms with van der Waals surface area (Å²) in [5.74, 6) is 0.783. The number of aromatic nitrogens is 1. The molecule has 0 bridgehead atoms. The lowest BCUT2D eigenvalue weighted by Gasteiger charge is -2.14. The first-order chi connectivity index (χ1) is 7.25. The molecule has 0 aliphatic carbocycles. The summed E-state index contributed by atoms with van der Waals surface area (Å²) in [5, 5.41) is 10.3. The molecule has 2 heterocycles. The number of nitrogens with one attached hydrogen (secondary N) is 2. The quantitative estimate of drug-likeness (QED) is 0.816. The van der Waals surface area contributed by atoms with E-state index < -0.39 is 0 Å². The van der Waals surface area contributed by atoms with Gasteiger partial charge in [-0.05, 0) is 39.3 Å². The van der Waals surface area contributed by atoms with E-state index in [-0.39, 0.29) is 0 Å². The Morgan fingerprint density at radius 3 is 3.13 bits per heavy atom. The molecule has 2 unspecified atom stereocenters. The third-order valence-electron chi connectivity index (χ3n) is 3.04. The smallest absolute Gasteiger partial charge is 0.107 e. The summed E-state index contributed by atoms with van der Waals surface area (Å²) < 4.78 is 0. The van der Waals surface area contributed by atoms with Crippen molar-refractivity contribution in [1.29, 1.82) is 0 Å². The summed E-state index contributed by atoms with van der Waals surface area (Å²) >= 11 is 1.74. The fraction of sp³-hybridized carbons (Fsp3) is 0.727. The molecule has 1 fully saturated rings. The van der Waals surface area contributed by atoms with Gasteiger partial charge in [0.05, 0.1) is 0 Å². The topological polar surface area (TPSA) is 37.0 Å². The van der Waals surface area contributed by atoms with Gasteiger partial charge in [-0.1, -0.05) is 0 Å². The monoisotopic (exact) mass is 225 g/mol. The van der Waals surface area contributed by atoms with Crippen LogP contribution in [0.15, 0.2) is 5.38 Å². The Hall–Kier alpha value is -0.450. The summed E-state index contributed by atoms with van der Waals surface area (Å²) in [6, 6.07) is 0.663. The second-order valence-electron chi connectivity index (χ2n) is 4.31. The summed E-state index contributed by atoms with van der Waals surface area (Å²) in [4.78, 5) is 4.43. The van der Waals surface area contributed by atoms with Crippen LogP contribution in [0.1, 0.15) is 24.0 Å². The molecular formula is C11H19N3S. The van der Waals surface area contributed by atoms with Crippen LogP contribution in [0.2, 0.25) is 0 Å². The molecule has 0 aromatic carbocycles. The zero-order valence-electron chi connectivity index (χ0n) is 9.42. The molecule has 2 atom stereocenters. The highest BCUT2D eigenvalue weighted by Crippen LogP contribution is 2.14. The number of aryl methyl sites for hydroxylation is 1. The molecule has 1 aliphatic rings. The second-order valence-corrected chi connectivity index (χ2v) is 5.25. The third kappa shape index (κ3) is 3.00. The first-order valence-corrected chi connectivity index (χ1v) is 6.49. The number of rotatable bonds is 4. The highest BCUT2D eigenvalue weighted by Gasteiger charge is 2.21. The molecular weight excluding hydrogens is 206 g/mol. The Morgan fingerprint density at radius 2 is 2.53 bits per heavy atom. The van der Waals surface area contributed by atoms with E-state index in [4.69, 9.17) is 0 Å². The number of nitrogens with zero attached hydrogens (tertiary/aromatic N) is 1. The molecule has 0 radical (unpaired) electrons. The van der Waals surface area contributed by atoms with Gasteiger partial charge in [-0.15, -0.1) is 11.3 Å². The maximum absolute atomic E-state index is 4.43. The van der Waals surface area contributed by atoms with E-state index in [2.05, 4.69) is 27.9 Å². The summed E-state index contributed by atoms with van der Waals surface area (Å²) in [5.41, 5.74) is 1.13. The number of hydrogen-bond donors (Lipinski definition) is 2. The van der Waals surface area contributed by atoms with E-state index in [1.807, 2.05) is 6.92 Å². The van der Waals surface area contributed by atoms with E-state index in [1.54, 1.807) is 11.3 Å². The van der Waals surface area contributed by atoms with E-state index in [0.29, 0.717) is 6.04 Å². The Kier molecular flexibility index (Phi) is 3.72. The predicted octanol–water partition coefficient (Wildman–Crippen LogP) is 1.54. The van der Waals surface area contributed by atoms with Gasteiger partial charge in [-0.25, -0.2) is 4.98 Å². The molecule has 84 valence electrons. The van der Waals surface area contributed by atoms with Gasteiger partial charge >= 0.3 is 0 Å². The largest absolute Gasteiger partial charge is 0.314 e. The first-order valence-electron chi connectivity index (χ1n) is 5.61. The second kappa shape index (κ2) is 5.05. The molecule has 4 heteroatoms. The van der Waals surface area contributed by atoms with Crippen molar-refractivity contribution in [2.24, 2.45) is 5.92 Å². The van der Waals surface area contributed by atoms with E-state index in [0.717, 1.165) is 24.7 Å². The van der Waals surface area contributed by atoms with Crippen molar-refractivity contribution in [2.75, 3.05) is 13.1 Å². The molecule has 0 amide bonds. The van der Waals surface area contributed by atoms with Crippen LogP contribution in [-0.2, 0) is 6.54 Å². The van der Waals surface area contributed by atoms with Gasteiger partial charge in [-0.2, -0.15) is 0 Å². The average molecular weight is 225 g/mol. The average Bonchev–Trinajstić information content (AvgIpc) is 2.77. The Labute approximate surface area is 95.3 Å². The normalized spacial score (nSPS) is 26.0. The zero-order valence-corrected chi connectivity index (χ0v) is 10.2. The third-order valence-corrected chi connectivity index (χ3v) is 4.00. The highest BCUT2D eigenvalue weighted by atomic mass is 32.1. The van der Waals surface area contributed by atoms with Crippen molar-refractivity contribution in [3.8, 4) is 0 Å². The highest BCUT2D eigenvalue weighted by molar-refractivity contribution is 7.09. The van der Waals surface area contributed by atoms with Gasteiger partial charge in [-0.3, -0.25) is 0 Å². The molecule has 15 heavy (non-hydrogen) atoms. The van der Waals surface area contributed by atoms with Crippen molar-refractivity contribution >= 4 is 11.3 Å². The van der Waals surface area contributed by atoms with Crippen LogP contribution in [0.4, 0.5) is 0 Å². The SMILES string of the molecule is Cc1csc(CNCC2CCNC2C)n1. The first kappa shape index (κ1) is 11.0. The van der Waals surface area contributed by atoms with Crippen molar-refractivity contribution in [2.45, 2.75) is 32.9 Å². The van der Waals surface area contributed by atoms with E-state index in [9.17, 15) is 0 Å². The zero-order chi connectivity index (χ0) is 10.7. The molecule has 0 saturated carbocycles. The fourth-order valence-corrected chi connectivity index (χ4v) is 2.78. The van der Waals surface area contributed by atoms with Crippen LogP contribution in [-0.4, -0.2) is 24.1 Å². The van der Waals surface area contributed by atoms with Crippen LogP contribution < -0.4 is 10.6 Å². The van der Waals surface area contributed by atoms with Crippen LogP contribution in [0.3, 0.4) is 0 Å². The number of hydrogen-bond acceptors (Lipinski definition) is 4. The standard InChI is InChI=1S/C11H19N3S/c1-8-7-15-11(14-8)6-12-5-10-3-4-13-9(10)2/h7,9-10,12-13H,3-6H2,1-2H3. The van der Waals surface area contributed by atoms with Crippen LogP contribution >= 0.6 is 11.3 Å². The van der Waals surface area contributed by atoms with Gasteiger partial charge in [0.2, 0.25) is 0 Å². The van der Waals surface area contributed by atoms with Crippen LogP contribution in [0.5, 0.6) is 0 Å². The summed E-state index contributed by atoms with van der Waals surface area (Å²) in [6.45, 7) is 7.51. The number of thiazole rings is 1. The molecule has 3 nitrogen and oxygen atoms in total. The van der Waals surface area contributed by atoms with Crippen LogP contribution in [0.25, 0.3) is 0 Å². The van der Waals surface area contributed by atoms with Crippen LogP contribution in [0, 0.1) is 12.8 Å². The van der Waals surface area contributed by atoms with Crippen molar-refractivity contribution in [3.05, 3.63) is 16.1 Å². The predicted molar refractivity (Wildman–Crippen MR) is 64.1 cm³/mol. The minimum absolute atomic E-state index is 0.663. The van der Waals surface area contributed by atoms with E-state index in [1.165, 1.54) is 18.0 Å². The maximum Gasteiger partial charge on any atom is 0.107 e. The molecule has 1 aromatic heterocycles. The fourth-order valence-electron chi connectivity index (χ4n) is 2.04. The molecule has 1 saturated heterocycles. The van der Waals surface area contributed by atoms with E-state index >= 15 is 0 Å². The molecule has 1 aliphatic heterocycles. The van der Waals surface area contributed by atoms with Gasteiger partial charge in [0.25, 0.3) is 0 Å². The minimum Gasteiger partial charge on any atom is -0.314 e. The van der Waals surface area contributed by atoms with Gasteiger partial charge < -0.3 is 10.6 Å². The Bertz CT molecular complexity index is 311. The van der Waals surface area contributed by atoms with Gasteiger partial charge in [0, 0.05) is 23.7 Å². The minimum atomic E-state index is 0.663. The van der Waals surface area contributed by atoms with Crippen molar-refractivity contribution < 1.29 is 0 Å². The molecule has 0 spiro atoms. The Morgan fingerprint density at radius 1 is 1.67 bits per heavy atom. The molecule has 2 N–H and O–H groups in total. The molecule has 1 aromatic rings. The lowest BCUT2D eigenvalue weighted by Crippen LogP contribution is -2.30. The summed E-state index contributed by atoms with van der Waals surface area (Å²) in [7, 11) is 0.